The van der Waals surface area contributed by atoms with E-state index in [1.807, 2.05) is 62.4 Å². The summed E-state index contributed by atoms with van der Waals surface area (Å²) in [6, 6.07) is 14.7. The molecule has 2 amide bonds. The first kappa shape index (κ1) is 31.2. The Morgan fingerprint density at radius 2 is 0.881 bits per heavy atom. The Hall–Kier alpha value is -3.70. The van der Waals surface area contributed by atoms with E-state index in [1.165, 1.54) is 0 Å². The monoisotopic (exact) mass is 580 g/mol. The van der Waals surface area contributed by atoms with Crippen LogP contribution >= 0.6 is 0 Å². The normalized spacial score (nSPS) is 14.9. The average molecular weight is 581 g/mol. The number of fused-ring (bicyclic) bond motifs is 1. The fraction of sp³-hybridized carbons (Fsp3) is 0.438. The molecule has 0 fully saturated rings. The third kappa shape index (κ3) is 7.01. The number of hydrogen-bond acceptors (Lipinski definition) is 8. The predicted octanol–water partition coefficient (Wildman–Crippen LogP) is 3.62. The zero-order valence-electron chi connectivity index (χ0n) is 24.9. The van der Waals surface area contributed by atoms with Gasteiger partial charge in [-0.3, -0.25) is 9.59 Å². The van der Waals surface area contributed by atoms with Crippen LogP contribution in [-0.2, 0) is 28.5 Å². The Bertz CT molecular complexity index is 1170. The zero-order chi connectivity index (χ0) is 29.9. The van der Waals surface area contributed by atoms with Crippen molar-refractivity contribution in [3.8, 4) is 11.5 Å². The molecular weight excluding hydrogens is 540 g/mol. The van der Waals surface area contributed by atoms with E-state index in [0.717, 1.165) is 11.1 Å². The second-order valence-electron chi connectivity index (χ2n) is 9.44. The van der Waals surface area contributed by atoms with Crippen LogP contribution in [0, 0.1) is 0 Å². The van der Waals surface area contributed by atoms with E-state index in [9.17, 15) is 9.59 Å². The van der Waals surface area contributed by atoms with Crippen LogP contribution < -0.4 is 9.47 Å². The number of carbonyl (C=O) groups excluding carboxylic acids is 2. The first-order valence-electron chi connectivity index (χ1n) is 14.3. The van der Waals surface area contributed by atoms with Crippen LogP contribution in [0.4, 0.5) is 0 Å². The minimum absolute atomic E-state index is 0.247. The van der Waals surface area contributed by atoms with E-state index < -0.39 is 0 Å². The van der Waals surface area contributed by atoms with Gasteiger partial charge in [-0.15, -0.1) is 0 Å². The smallest absolute Gasteiger partial charge is 0.261 e. The van der Waals surface area contributed by atoms with Gasteiger partial charge in [-0.2, -0.15) is 0 Å². The van der Waals surface area contributed by atoms with E-state index >= 15 is 0 Å². The van der Waals surface area contributed by atoms with Crippen LogP contribution in [0.15, 0.2) is 59.7 Å². The lowest BCUT2D eigenvalue weighted by Crippen LogP contribution is -2.33. The van der Waals surface area contributed by atoms with E-state index in [2.05, 4.69) is 0 Å². The number of benzene rings is 2. The summed E-state index contributed by atoms with van der Waals surface area (Å²) in [5, 5.41) is 0. The van der Waals surface area contributed by atoms with Crippen LogP contribution in [0.2, 0.25) is 0 Å². The standard InChI is InChI=1S/C32H40N2O8/c1-5-39-19-21-41-17-15-33-29(23-7-11-25(37-3)12-8-23)27-28(31(33)35)30(24-9-13-26(38-4)14-10-24)34(32(27)36)16-18-42-22-20-40-6-2/h7-14H,5-6,15-22H2,1-4H3. The lowest BCUT2D eigenvalue weighted by molar-refractivity contribution is -0.124. The van der Waals surface area contributed by atoms with Crippen molar-refractivity contribution in [2.75, 3.05) is 80.2 Å². The highest BCUT2D eigenvalue weighted by Gasteiger charge is 2.48. The Balaban J connectivity index is 1.73. The molecule has 226 valence electrons. The van der Waals surface area contributed by atoms with E-state index in [0.29, 0.717) is 86.9 Å². The molecule has 0 aromatic heterocycles. The molecule has 2 heterocycles. The van der Waals surface area contributed by atoms with E-state index in [1.54, 1.807) is 24.0 Å². The quantitative estimate of drug-likeness (QED) is 0.247. The highest BCUT2D eigenvalue weighted by Crippen LogP contribution is 2.46. The molecule has 0 saturated heterocycles. The fourth-order valence-electron chi connectivity index (χ4n) is 4.96. The molecule has 0 saturated carbocycles. The number of rotatable bonds is 18. The minimum Gasteiger partial charge on any atom is -0.497 e. The molecule has 0 unspecified atom stereocenters. The van der Waals surface area contributed by atoms with Crippen molar-refractivity contribution in [3.05, 3.63) is 70.8 Å². The molecule has 10 nitrogen and oxygen atoms in total. The number of nitrogens with zero attached hydrogens (tertiary/aromatic N) is 2. The summed E-state index contributed by atoms with van der Waals surface area (Å²) in [7, 11) is 3.19. The summed E-state index contributed by atoms with van der Waals surface area (Å²) in [5.41, 5.74) is 3.34. The van der Waals surface area contributed by atoms with Crippen LogP contribution in [0.3, 0.4) is 0 Å². The van der Waals surface area contributed by atoms with Gasteiger partial charge in [0.15, 0.2) is 0 Å². The number of ether oxygens (including phenoxy) is 6. The highest BCUT2D eigenvalue weighted by molar-refractivity contribution is 6.30. The predicted molar refractivity (Wildman–Crippen MR) is 158 cm³/mol. The van der Waals surface area contributed by atoms with Gasteiger partial charge in [0.2, 0.25) is 0 Å². The van der Waals surface area contributed by atoms with Gasteiger partial charge < -0.3 is 38.2 Å². The molecule has 2 aliphatic heterocycles. The molecule has 4 rings (SSSR count). The largest absolute Gasteiger partial charge is 0.497 e. The Labute approximate surface area is 247 Å². The molecule has 0 N–H and O–H groups in total. The summed E-state index contributed by atoms with van der Waals surface area (Å²) in [6.45, 7) is 8.01. The van der Waals surface area contributed by atoms with Crippen molar-refractivity contribution in [1.29, 1.82) is 0 Å². The molecule has 2 aromatic carbocycles. The average Bonchev–Trinajstić information content (AvgIpc) is 3.47. The maximum absolute atomic E-state index is 14.2. The van der Waals surface area contributed by atoms with Crippen LogP contribution in [0.25, 0.3) is 11.4 Å². The van der Waals surface area contributed by atoms with Crippen molar-refractivity contribution in [2.24, 2.45) is 0 Å². The first-order valence-corrected chi connectivity index (χ1v) is 14.3. The molecule has 0 aliphatic carbocycles. The maximum atomic E-state index is 14.2. The molecule has 0 spiro atoms. The molecule has 42 heavy (non-hydrogen) atoms. The van der Waals surface area contributed by atoms with Gasteiger partial charge in [-0.05, 0) is 73.5 Å². The molecule has 2 aromatic rings. The van der Waals surface area contributed by atoms with Gasteiger partial charge in [0.1, 0.15) is 11.5 Å². The molecule has 2 aliphatic rings. The minimum atomic E-state index is -0.247. The molecular formula is C32H40N2O8. The van der Waals surface area contributed by atoms with Crippen molar-refractivity contribution in [2.45, 2.75) is 13.8 Å². The lowest BCUT2D eigenvalue weighted by Gasteiger charge is -2.25. The van der Waals surface area contributed by atoms with Crippen molar-refractivity contribution < 1.29 is 38.0 Å². The van der Waals surface area contributed by atoms with E-state index in [4.69, 9.17) is 28.4 Å². The Morgan fingerprint density at radius 3 is 1.21 bits per heavy atom. The number of carbonyl (C=O) groups is 2. The molecule has 10 heteroatoms. The third-order valence-corrected chi connectivity index (χ3v) is 6.98. The maximum Gasteiger partial charge on any atom is 0.261 e. The molecule has 0 bridgehead atoms. The van der Waals surface area contributed by atoms with Gasteiger partial charge in [0, 0.05) is 26.3 Å². The van der Waals surface area contributed by atoms with Crippen LogP contribution in [0.1, 0.15) is 25.0 Å². The molecule has 0 atom stereocenters. The number of methoxy groups -OCH3 is 2. The van der Waals surface area contributed by atoms with Gasteiger partial charge in [0.25, 0.3) is 11.8 Å². The fourth-order valence-corrected chi connectivity index (χ4v) is 4.96. The van der Waals surface area contributed by atoms with Crippen LogP contribution in [0.5, 0.6) is 11.5 Å². The van der Waals surface area contributed by atoms with Crippen molar-refractivity contribution in [3.63, 3.8) is 0 Å². The Kier molecular flexibility index (Phi) is 11.5. The second kappa shape index (κ2) is 15.5. The van der Waals surface area contributed by atoms with Crippen molar-refractivity contribution in [1.82, 2.24) is 9.80 Å². The summed E-state index contributed by atoms with van der Waals surface area (Å²) in [4.78, 5) is 31.6. The van der Waals surface area contributed by atoms with Gasteiger partial charge >= 0.3 is 0 Å². The Morgan fingerprint density at radius 1 is 0.524 bits per heavy atom. The third-order valence-electron chi connectivity index (χ3n) is 6.98. The van der Waals surface area contributed by atoms with Crippen molar-refractivity contribution >= 4 is 23.2 Å². The van der Waals surface area contributed by atoms with Crippen LogP contribution in [-0.4, -0.2) is 102 Å². The summed E-state index contributed by atoms with van der Waals surface area (Å²) in [6.07, 6.45) is 0. The lowest BCUT2D eigenvalue weighted by atomic mass is 10.0. The van der Waals surface area contributed by atoms with Gasteiger partial charge in [-0.25, -0.2) is 0 Å². The zero-order valence-corrected chi connectivity index (χ0v) is 24.9. The molecule has 0 radical (unpaired) electrons. The topological polar surface area (TPSA) is 96.0 Å². The highest BCUT2D eigenvalue weighted by atomic mass is 16.5. The van der Waals surface area contributed by atoms with Gasteiger partial charge in [-0.1, -0.05) is 0 Å². The summed E-state index contributed by atoms with van der Waals surface area (Å²) in [5.74, 6) is 0.863. The first-order chi connectivity index (χ1) is 20.5. The van der Waals surface area contributed by atoms with Gasteiger partial charge in [0.05, 0.1) is 76.4 Å². The SMILES string of the molecule is CCOCCOCCN1C(=O)C2=C(c3ccc(OC)cc3)N(CCOCCOCC)C(=O)C2=C1c1ccc(OC)cc1. The second-order valence-corrected chi connectivity index (χ2v) is 9.44. The summed E-state index contributed by atoms with van der Waals surface area (Å²) >= 11 is 0. The number of amides is 2. The summed E-state index contributed by atoms with van der Waals surface area (Å²) < 4.78 is 32.9. The number of hydrogen-bond donors (Lipinski definition) is 0. The van der Waals surface area contributed by atoms with E-state index in [-0.39, 0.29) is 24.9 Å².